The maximum absolute atomic E-state index is 12.6. The highest BCUT2D eigenvalue weighted by atomic mass is 16.5. The molecule has 1 amide bonds. The lowest BCUT2D eigenvalue weighted by Crippen LogP contribution is -2.35. The van der Waals surface area contributed by atoms with Crippen molar-refractivity contribution in [1.29, 1.82) is 0 Å². The van der Waals surface area contributed by atoms with E-state index >= 15 is 0 Å². The summed E-state index contributed by atoms with van der Waals surface area (Å²) in [6.07, 6.45) is 2.08. The van der Waals surface area contributed by atoms with Crippen LogP contribution in [-0.2, 0) is 0 Å². The van der Waals surface area contributed by atoms with Crippen molar-refractivity contribution in [3.63, 3.8) is 0 Å². The van der Waals surface area contributed by atoms with Crippen molar-refractivity contribution in [3.8, 4) is 5.75 Å². The van der Waals surface area contributed by atoms with E-state index in [1.54, 1.807) is 4.90 Å². The molecule has 0 spiro atoms. The molecular formula is C15H22N2O2. The van der Waals surface area contributed by atoms with Gasteiger partial charge in [-0.15, -0.1) is 0 Å². The van der Waals surface area contributed by atoms with Gasteiger partial charge in [0, 0.05) is 19.6 Å². The number of hydrogen-bond acceptors (Lipinski definition) is 3. The predicted molar refractivity (Wildman–Crippen MR) is 76.9 cm³/mol. The van der Waals surface area contributed by atoms with E-state index in [1.165, 1.54) is 0 Å². The van der Waals surface area contributed by atoms with Gasteiger partial charge in [0.05, 0.1) is 11.3 Å². The highest BCUT2D eigenvalue weighted by Gasteiger charge is 2.23. The number of fused-ring (bicyclic) bond motifs is 1. The molecule has 0 aliphatic carbocycles. The minimum atomic E-state index is 0.0292. The number of carbonyl (C=O) groups is 1. The number of hydrogen-bond donors (Lipinski definition) is 1. The van der Waals surface area contributed by atoms with Crippen molar-refractivity contribution >= 4 is 11.6 Å². The van der Waals surface area contributed by atoms with E-state index in [0.29, 0.717) is 17.9 Å². The van der Waals surface area contributed by atoms with Gasteiger partial charge in [0.1, 0.15) is 6.61 Å². The Morgan fingerprint density at radius 2 is 2.32 bits per heavy atom. The first kappa shape index (κ1) is 13.7. The Labute approximate surface area is 114 Å². The van der Waals surface area contributed by atoms with Gasteiger partial charge in [-0.1, -0.05) is 19.4 Å². The van der Waals surface area contributed by atoms with Crippen LogP contribution >= 0.6 is 0 Å². The molecule has 0 aromatic heterocycles. The van der Waals surface area contributed by atoms with E-state index in [1.807, 2.05) is 25.2 Å². The molecule has 0 radical (unpaired) electrons. The number of benzene rings is 1. The molecule has 19 heavy (non-hydrogen) atoms. The molecule has 4 nitrogen and oxygen atoms in total. The summed E-state index contributed by atoms with van der Waals surface area (Å²) in [5.74, 6) is 0.718. The minimum Gasteiger partial charge on any atom is -0.489 e. The molecule has 0 saturated heterocycles. The van der Waals surface area contributed by atoms with E-state index < -0.39 is 0 Å². The second-order valence-electron chi connectivity index (χ2n) is 5.01. The Morgan fingerprint density at radius 3 is 3.05 bits per heavy atom. The zero-order chi connectivity index (χ0) is 13.8. The Hall–Kier alpha value is -1.71. The lowest BCUT2D eigenvalue weighted by molar-refractivity contribution is 0.0732. The number of rotatable bonds is 4. The fourth-order valence-corrected chi connectivity index (χ4v) is 2.34. The van der Waals surface area contributed by atoms with Crippen molar-refractivity contribution < 1.29 is 9.53 Å². The number of amides is 1. The van der Waals surface area contributed by atoms with Gasteiger partial charge in [-0.2, -0.15) is 0 Å². The summed E-state index contributed by atoms with van der Waals surface area (Å²) in [4.78, 5) is 14.4. The fourth-order valence-electron chi connectivity index (χ4n) is 2.34. The zero-order valence-electron chi connectivity index (χ0n) is 11.9. The number of para-hydroxylation sites is 1. The van der Waals surface area contributed by atoms with Crippen LogP contribution in [0.1, 0.15) is 37.0 Å². The molecule has 0 fully saturated rings. The first-order chi connectivity index (χ1) is 9.15. The molecule has 1 aromatic carbocycles. The molecule has 0 bridgehead atoms. The quantitative estimate of drug-likeness (QED) is 0.907. The van der Waals surface area contributed by atoms with E-state index in [-0.39, 0.29) is 11.9 Å². The lowest BCUT2D eigenvalue weighted by Gasteiger charge is -2.27. The second kappa shape index (κ2) is 5.95. The van der Waals surface area contributed by atoms with Crippen LogP contribution in [0.3, 0.4) is 0 Å². The van der Waals surface area contributed by atoms with E-state index in [0.717, 1.165) is 25.1 Å². The van der Waals surface area contributed by atoms with Gasteiger partial charge >= 0.3 is 0 Å². The van der Waals surface area contributed by atoms with Gasteiger partial charge < -0.3 is 15.0 Å². The topological polar surface area (TPSA) is 41.6 Å². The number of nitrogens with zero attached hydrogens (tertiary/aromatic N) is 1. The monoisotopic (exact) mass is 262 g/mol. The number of carbonyl (C=O) groups excluding carboxylic acids is 1. The fraction of sp³-hybridized carbons (Fsp3) is 0.533. The van der Waals surface area contributed by atoms with Gasteiger partial charge in [0.25, 0.3) is 5.91 Å². The highest BCUT2D eigenvalue weighted by Crippen LogP contribution is 2.32. The van der Waals surface area contributed by atoms with E-state index in [2.05, 4.69) is 19.2 Å². The molecule has 2 rings (SSSR count). The molecule has 1 N–H and O–H groups in total. The number of anilines is 1. The van der Waals surface area contributed by atoms with Crippen LogP contribution < -0.4 is 10.1 Å². The summed E-state index contributed by atoms with van der Waals surface area (Å²) in [6, 6.07) is 5.92. The molecular weight excluding hydrogens is 240 g/mol. The van der Waals surface area contributed by atoms with Crippen molar-refractivity contribution in [3.05, 3.63) is 23.8 Å². The standard InChI is InChI=1S/C15H22N2O2/c1-4-6-11(2)17(3)15(18)12-7-5-8-13-14(12)19-10-9-16-13/h5,7-8,11,16H,4,6,9-10H2,1-3H3. The van der Waals surface area contributed by atoms with Crippen LogP contribution in [-0.4, -0.2) is 37.0 Å². The SMILES string of the molecule is CCCC(C)N(C)C(=O)c1cccc2c1OCCN2. The Morgan fingerprint density at radius 1 is 1.53 bits per heavy atom. The third-order valence-corrected chi connectivity index (χ3v) is 3.60. The lowest BCUT2D eigenvalue weighted by atomic mass is 10.1. The normalized spacial score (nSPS) is 14.9. The third kappa shape index (κ3) is 2.83. The van der Waals surface area contributed by atoms with Crippen LogP contribution in [0.25, 0.3) is 0 Å². The van der Waals surface area contributed by atoms with Crippen molar-refractivity contribution in [1.82, 2.24) is 4.90 Å². The van der Waals surface area contributed by atoms with Gasteiger partial charge in [-0.05, 0) is 25.5 Å². The largest absolute Gasteiger partial charge is 0.489 e. The average Bonchev–Trinajstić information content (AvgIpc) is 2.45. The molecule has 4 heteroatoms. The van der Waals surface area contributed by atoms with Gasteiger partial charge in [-0.3, -0.25) is 4.79 Å². The molecule has 104 valence electrons. The molecule has 1 aromatic rings. The molecule has 0 saturated carbocycles. The molecule has 1 atom stereocenters. The van der Waals surface area contributed by atoms with Crippen molar-refractivity contribution in [2.45, 2.75) is 32.7 Å². The van der Waals surface area contributed by atoms with Gasteiger partial charge in [0.15, 0.2) is 5.75 Å². The number of ether oxygens (including phenoxy) is 1. The third-order valence-electron chi connectivity index (χ3n) is 3.60. The second-order valence-corrected chi connectivity index (χ2v) is 5.01. The summed E-state index contributed by atoms with van der Waals surface area (Å²) in [7, 11) is 1.86. The molecule has 1 heterocycles. The molecule has 1 aliphatic rings. The Kier molecular flexibility index (Phi) is 4.30. The molecule has 1 aliphatic heterocycles. The zero-order valence-corrected chi connectivity index (χ0v) is 11.9. The Bertz CT molecular complexity index is 459. The Balaban J connectivity index is 2.24. The van der Waals surface area contributed by atoms with Crippen LogP contribution in [0.15, 0.2) is 18.2 Å². The van der Waals surface area contributed by atoms with Crippen LogP contribution in [0.4, 0.5) is 5.69 Å². The van der Waals surface area contributed by atoms with Crippen LogP contribution in [0.5, 0.6) is 5.75 Å². The smallest absolute Gasteiger partial charge is 0.257 e. The van der Waals surface area contributed by atoms with Crippen LogP contribution in [0, 0.1) is 0 Å². The molecule has 1 unspecified atom stereocenters. The summed E-state index contributed by atoms with van der Waals surface area (Å²) < 4.78 is 5.66. The summed E-state index contributed by atoms with van der Waals surface area (Å²) in [5, 5.41) is 3.26. The summed E-state index contributed by atoms with van der Waals surface area (Å²) in [6.45, 7) is 5.60. The number of nitrogens with one attached hydrogen (secondary N) is 1. The first-order valence-electron chi connectivity index (χ1n) is 6.92. The van der Waals surface area contributed by atoms with E-state index in [4.69, 9.17) is 4.74 Å². The van der Waals surface area contributed by atoms with Gasteiger partial charge in [-0.25, -0.2) is 0 Å². The van der Waals surface area contributed by atoms with Gasteiger partial charge in [0.2, 0.25) is 0 Å². The summed E-state index contributed by atoms with van der Waals surface area (Å²) in [5.41, 5.74) is 1.56. The predicted octanol–water partition coefficient (Wildman–Crippen LogP) is 2.75. The maximum Gasteiger partial charge on any atom is 0.257 e. The first-order valence-corrected chi connectivity index (χ1v) is 6.92. The highest BCUT2D eigenvalue weighted by molar-refractivity contribution is 5.99. The van der Waals surface area contributed by atoms with Crippen molar-refractivity contribution in [2.75, 3.05) is 25.5 Å². The maximum atomic E-state index is 12.6. The summed E-state index contributed by atoms with van der Waals surface area (Å²) >= 11 is 0. The van der Waals surface area contributed by atoms with E-state index in [9.17, 15) is 4.79 Å². The minimum absolute atomic E-state index is 0.0292. The average molecular weight is 262 g/mol. The van der Waals surface area contributed by atoms with Crippen LogP contribution in [0.2, 0.25) is 0 Å². The van der Waals surface area contributed by atoms with Crippen molar-refractivity contribution in [2.24, 2.45) is 0 Å².